The van der Waals surface area contributed by atoms with E-state index in [4.69, 9.17) is 15.2 Å². The maximum Gasteiger partial charge on any atom is 0.344 e. The first-order chi connectivity index (χ1) is 9.31. The van der Waals surface area contributed by atoms with Crippen molar-refractivity contribution in [3.05, 3.63) is 24.3 Å². The molecule has 6 nitrogen and oxygen atoms in total. The first-order valence-electron chi connectivity index (χ1n) is 6.17. The molecular weight excluding hydrogens is 282 g/mol. The molecule has 1 aromatic rings. The summed E-state index contributed by atoms with van der Waals surface area (Å²) < 4.78 is 33.0. The Morgan fingerprint density at radius 3 is 2.40 bits per heavy atom. The Hall–Kier alpha value is -1.76. The van der Waals surface area contributed by atoms with Crippen molar-refractivity contribution < 1.29 is 22.7 Å². The van der Waals surface area contributed by atoms with Crippen LogP contribution in [0.25, 0.3) is 0 Å². The molecular formula is C13H19NO5S. The van der Waals surface area contributed by atoms with Crippen LogP contribution in [0.1, 0.15) is 13.8 Å². The molecule has 7 heteroatoms. The number of ether oxygens (including phenoxy) is 2. The number of sulfone groups is 1. The summed E-state index contributed by atoms with van der Waals surface area (Å²) in [6.07, 6.45) is 0. The maximum absolute atomic E-state index is 11.5. The van der Waals surface area contributed by atoms with Gasteiger partial charge in [0.15, 0.2) is 16.4 Å². The van der Waals surface area contributed by atoms with Crippen molar-refractivity contribution in [3.63, 3.8) is 0 Å². The molecule has 0 saturated carbocycles. The zero-order valence-corrected chi connectivity index (χ0v) is 12.4. The van der Waals surface area contributed by atoms with E-state index in [0.717, 1.165) is 0 Å². The number of rotatable bonds is 7. The van der Waals surface area contributed by atoms with Crippen LogP contribution in [0.3, 0.4) is 0 Å². The van der Waals surface area contributed by atoms with E-state index in [2.05, 4.69) is 0 Å². The highest BCUT2D eigenvalue weighted by molar-refractivity contribution is 7.91. The van der Waals surface area contributed by atoms with Gasteiger partial charge in [-0.1, -0.05) is 0 Å². The van der Waals surface area contributed by atoms with Crippen molar-refractivity contribution in [2.45, 2.75) is 19.1 Å². The van der Waals surface area contributed by atoms with E-state index in [0.29, 0.717) is 11.4 Å². The van der Waals surface area contributed by atoms with Crippen molar-refractivity contribution in [1.82, 2.24) is 0 Å². The van der Waals surface area contributed by atoms with Crippen molar-refractivity contribution in [3.8, 4) is 5.75 Å². The predicted octanol–water partition coefficient (Wildman–Crippen LogP) is 1.01. The van der Waals surface area contributed by atoms with Crippen LogP contribution in [-0.4, -0.2) is 38.6 Å². The van der Waals surface area contributed by atoms with Crippen LogP contribution in [0.2, 0.25) is 0 Å². The fourth-order valence-corrected chi connectivity index (χ4v) is 2.04. The molecule has 0 spiro atoms. The molecule has 0 fully saturated rings. The van der Waals surface area contributed by atoms with Gasteiger partial charge in [0, 0.05) is 5.69 Å². The minimum atomic E-state index is -3.20. The Morgan fingerprint density at radius 1 is 1.25 bits per heavy atom. The van der Waals surface area contributed by atoms with Crippen molar-refractivity contribution >= 4 is 21.5 Å². The van der Waals surface area contributed by atoms with Gasteiger partial charge in [0.25, 0.3) is 0 Å². The zero-order chi connectivity index (χ0) is 15.2. The van der Waals surface area contributed by atoms with Gasteiger partial charge in [-0.15, -0.1) is 0 Å². The van der Waals surface area contributed by atoms with Gasteiger partial charge in [0.2, 0.25) is 0 Å². The molecule has 2 N–H and O–H groups in total. The summed E-state index contributed by atoms with van der Waals surface area (Å²) in [5.74, 6) is -0.301. The molecule has 1 rings (SSSR count). The molecule has 0 radical (unpaired) electrons. The average Bonchev–Trinajstić information content (AvgIpc) is 2.37. The number of anilines is 1. The Bertz CT molecular complexity index is 536. The first-order valence-corrected chi connectivity index (χ1v) is 7.88. The molecule has 0 saturated heterocycles. The highest BCUT2D eigenvalue weighted by Crippen LogP contribution is 2.12. The highest BCUT2D eigenvalue weighted by atomic mass is 32.2. The molecule has 1 aromatic carbocycles. The highest BCUT2D eigenvalue weighted by Gasteiger charge is 2.16. The van der Waals surface area contributed by atoms with Gasteiger partial charge in [-0.05, 0) is 38.1 Å². The normalized spacial score (nSPS) is 11.3. The number of carbonyl (C=O) groups is 1. The summed E-state index contributed by atoms with van der Waals surface area (Å²) in [6, 6.07) is 6.56. The summed E-state index contributed by atoms with van der Waals surface area (Å²) in [5.41, 5.74) is 6.11. The Morgan fingerprint density at radius 2 is 1.85 bits per heavy atom. The second-order valence-electron chi connectivity index (χ2n) is 4.49. The Balaban J connectivity index is 2.29. The molecule has 20 heavy (non-hydrogen) atoms. The van der Waals surface area contributed by atoms with Crippen LogP contribution < -0.4 is 10.5 Å². The van der Waals surface area contributed by atoms with Gasteiger partial charge in [0.05, 0.1) is 11.0 Å². The molecule has 0 bridgehead atoms. The smallest absolute Gasteiger partial charge is 0.344 e. The van der Waals surface area contributed by atoms with E-state index in [1.807, 2.05) is 0 Å². The molecule has 0 amide bonds. The first kappa shape index (κ1) is 16.3. The number of nitrogen functional groups attached to an aromatic ring is 1. The van der Waals surface area contributed by atoms with Crippen LogP contribution in [0.15, 0.2) is 24.3 Å². The number of carbonyl (C=O) groups excluding carboxylic acids is 1. The average molecular weight is 301 g/mol. The van der Waals surface area contributed by atoms with Gasteiger partial charge in [-0.25, -0.2) is 13.2 Å². The lowest BCUT2D eigenvalue weighted by atomic mass is 10.3. The molecule has 0 aliphatic rings. The van der Waals surface area contributed by atoms with Gasteiger partial charge < -0.3 is 15.2 Å². The summed E-state index contributed by atoms with van der Waals surface area (Å²) in [6.45, 7) is 2.73. The van der Waals surface area contributed by atoms with Crippen LogP contribution >= 0.6 is 0 Å². The molecule has 0 atom stereocenters. The minimum Gasteiger partial charge on any atom is -0.482 e. The molecule has 0 aliphatic carbocycles. The van der Waals surface area contributed by atoms with Crippen molar-refractivity contribution in [2.75, 3.05) is 24.7 Å². The maximum atomic E-state index is 11.5. The lowest BCUT2D eigenvalue weighted by Crippen LogP contribution is -2.24. The molecule has 0 heterocycles. The third-order valence-corrected chi connectivity index (χ3v) is 4.76. The topological polar surface area (TPSA) is 95.7 Å². The molecule has 0 aromatic heterocycles. The summed E-state index contributed by atoms with van der Waals surface area (Å²) >= 11 is 0. The number of esters is 1. The largest absolute Gasteiger partial charge is 0.482 e. The predicted molar refractivity (Wildman–Crippen MR) is 76.2 cm³/mol. The Labute approximate surface area is 118 Å². The van der Waals surface area contributed by atoms with E-state index in [1.165, 1.54) is 0 Å². The van der Waals surface area contributed by atoms with Crippen LogP contribution in [0.5, 0.6) is 5.75 Å². The standard InChI is InChI=1S/C13H19NO5S/c1-10(2)20(16,17)8-7-18-13(15)9-19-12-5-3-11(14)4-6-12/h3-6,10H,7-9,14H2,1-2H3. The van der Waals surface area contributed by atoms with Crippen LogP contribution in [0.4, 0.5) is 5.69 Å². The molecule has 0 unspecified atom stereocenters. The van der Waals surface area contributed by atoms with Crippen LogP contribution in [-0.2, 0) is 19.4 Å². The SMILES string of the molecule is CC(C)S(=O)(=O)CCOC(=O)COc1ccc(N)cc1. The summed E-state index contributed by atoms with van der Waals surface area (Å²) in [4.78, 5) is 11.4. The third-order valence-electron chi connectivity index (χ3n) is 2.59. The fraction of sp³-hybridized carbons (Fsp3) is 0.462. The molecule has 112 valence electrons. The van der Waals surface area contributed by atoms with Crippen molar-refractivity contribution in [2.24, 2.45) is 0 Å². The fourth-order valence-electron chi connectivity index (χ4n) is 1.26. The van der Waals surface area contributed by atoms with E-state index < -0.39 is 21.1 Å². The Kier molecular flexibility index (Phi) is 5.82. The lowest BCUT2D eigenvalue weighted by Gasteiger charge is -2.09. The van der Waals surface area contributed by atoms with Gasteiger partial charge >= 0.3 is 5.97 Å². The molecule has 0 aliphatic heterocycles. The second kappa shape index (κ2) is 7.14. The third kappa shape index (κ3) is 5.48. The monoisotopic (exact) mass is 301 g/mol. The van der Waals surface area contributed by atoms with Crippen molar-refractivity contribution in [1.29, 1.82) is 0 Å². The van der Waals surface area contributed by atoms with Gasteiger partial charge in [-0.3, -0.25) is 0 Å². The number of benzene rings is 1. The van der Waals surface area contributed by atoms with E-state index in [-0.39, 0.29) is 19.0 Å². The van der Waals surface area contributed by atoms with Gasteiger partial charge in [0.1, 0.15) is 12.4 Å². The van der Waals surface area contributed by atoms with Crippen LogP contribution in [0, 0.1) is 0 Å². The minimum absolute atomic E-state index is 0.162. The second-order valence-corrected chi connectivity index (χ2v) is 7.17. The van der Waals surface area contributed by atoms with E-state index in [9.17, 15) is 13.2 Å². The zero-order valence-electron chi connectivity index (χ0n) is 11.5. The number of nitrogens with two attached hydrogens (primary N) is 1. The number of hydrogen-bond donors (Lipinski definition) is 1. The summed E-state index contributed by atoms with van der Waals surface area (Å²) in [7, 11) is -3.20. The lowest BCUT2D eigenvalue weighted by molar-refractivity contribution is -0.145. The van der Waals surface area contributed by atoms with Gasteiger partial charge in [-0.2, -0.15) is 0 Å². The van der Waals surface area contributed by atoms with E-state index in [1.54, 1.807) is 38.1 Å². The van der Waals surface area contributed by atoms with E-state index >= 15 is 0 Å². The number of hydrogen-bond acceptors (Lipinski definition) is 6. The summed E-state index contributed by atoms with van der Waals surface area (Å²) in [5, 5.41) is -0.479. The quantitative estimate of drug-likeness (QED) is 0.596.